The van der Waals surface area contributed by atoms with E-state index >= 15 is 0 Å². The van der Waals surface area contributed by atoms with Gasteiger partial charge in [0.05, 0.1) is 14.2 Å². The van der Waals surface area contributed by atoms with Gasteiger partial charge in [-0.25, -0.2) is 0 Å². The van der Waals surface area contributed by atoms with Crippen LogP contribution in [0, 0.1) is 13.8 Å². The molecule has 0 saturated heterocycles. The zero-order valence-electron chi connectivity index (χ0n) is 14.6. The normalized spacial score (nSPS) is 11.7. The van der Waals surface area contributed by atoms with Gasteiger partial charge in [-0.15, -0.1) is 0 Å². The molecule has 1 amide bonds. The second-order valence-electron chi connectivity index (χ2n) is 5.44. The van der Waals surface area contributed by atoms with Crippen LogP contribution >= 0.6 is 0 Å². The van der Waals surface area contributed by atoms with E-state index in [9.17, 15) is 4.79 Å². The molecule has 1 aromatic heterocycles. The average Bonchev–Trinajstić information content (AvgIpc) is 2.97. The van der Waals surface area contributed by atoms with Crippen molar-refractivity contribution in [3.05, 3.63) is 29.5 Å². The summed E-state index contributed by atoms with van der Waals surface area (Å²) in [4.78, 5) is 12.4. The molecule has 0 aliphatic carbocycles. The lowest BCUT2D eigenvalue weighted by Crippen LogP contribution is -2.34. The molecule has 1 aromatic carbocycles. The van der Waals surface area contributed by atoms with Gasteiger partial charge >= 0.3 is 0 Å². The number of aromatic nitrogens is 1. The predicted octanol–water partition coefficient (Wildman–Crippen LogP) is 3.14. The molecular weight excluding hydrogens is 310 g/mol. The van der Waals surface area contributed by atoms with Crippen LogP contribution in [0.5, 0.6) is 11.5 Å². The van der Waals surface area contributed by atoms with Crippen LogP contribution in [-0.4, -0.2) is 31.3 Å². The van der Waals surface area contributed by atoms with E-state index in [0.29, 0.717) is 29.5 Å². The van der Waals surface area contributed by atoms with E-state index in [-0.39, 0.29) is 5.91 Å². The molecule has 0 radical (unpaired) electrons. The van der Waals surface area contributed by atoms with Crippen LogP contribution in [0.4, 0.5) is 11.5 Å². The average molecular weight is 333 g/mol. The summed E-state index contributed by atoms with van der Waals surface area (Å²) in [5, 5.41) is 9.76. The van der Waals surface area contributed by atoms with Gasteiger partial charge in [0.15, 0.2) is 17.3 Å². The monoisotopic (exact) mass is 333 g/mol. The molecule has 1 atom stereocenters. The van der Waals surface area contributed by atoms with Crippen LogP contribution in [0.2, 0.25) is 0 Å². The molecule has 2 rings (SSSR count). The molecule has 130 valence electrons. The minimum Gasteiger partial charge on any atom is -0.493 e. The Kier molecular flexibility index (Phi) is 5.68. The summed E-state index contributed by atoms with van der Waals surface area (Å²) in [5.41, 5.74) is 1.77. The highest BCUT2D eigenvalue weighted by Gasteiger charge is 2.19. The molecule has 7 nitrogen and oxygen atoms in total. The van der Waals surface area contributed by atoms with E-state index in [0.717, 1.165) is 11.3 Å². The van der Waals surface area contributed by atoms with Crippen LogP contribution < -0.4 is 20.1 Å². The van der Waals surface area contributed by atoms with Crippen LogP contribution in [0.15, 0.2) is 22.7 Å². The van der Waals surface area contributed by atoms with Crippen LogP contribution in [0.25, 0.3) is 0 Å². The van der Waals surface area contributed by atoms with Gasteiger partial charge in [0, 0.05) is 17.8 Å². The molecule has 24 heavy (non-hydrogen) atoms. The van der Waals surface area contributed by atoms with E-state index in [2.05, 4.69) is 15.8 Å². The molecule has 2 N–H and O–H groups in total. The van der Waals surface area contributed by atoms with Gasteiger partial charge in [-0.3, -0.25) is 4.79 Å². The van der Waals surface area contributed by atoms with Gasteiger partial charge < -0.3 is 24.6 Å². The SMILES string of the molecule is CCC(Nc1cc(OC)c(OC)cc1C)C(=O)Nc1cc(C)on1. The van der Waals surface area contributed by atoms with Crippen molar-refractivity contribution >= 4 is 17.4 Å². The molecule has 0 fully saturated rings. The van der Waals surface area contributed by atoms with Gasteiger partial charge in [0.2, 0.25) is 5.91 Å². The lowest BCUT2D eigenvalue weighted by Gasteiger charge is -2.20. The number of nitrogens with one attached hydrogen (secondary N) is 2. The number of carbonyl (C=O) groups is 1. The summed E-state index contributed by atoms with van der Waals surface area (Å²) in [5.74, 6) is 2.12. The Hall–Kier alpha value is -2.70. The van der Waals surface area contributed by atoms with Crippen LogP contribution in [0.1, 0.15) is 24.7 Å². The molecule has 2 aromatic rings. The first-order chi connectivity index (χ1) is 11.5. The van der Waals surface area contributed by atoms with E-state index in [4.69, 9.17) is 14.0 Å². The Morgan fingerprint density at radius 1 is 1.21 bits per heavy atom. The maximum atomic E-state index is 12.4. The summed E-state index contributed by atoms with van der Waals surface area (Å²) in [7, 11) is 3.17. The lowest BCUT2D eigenvalue weighted by atomic mass is 10.1. The molecule has 0 saturated carbocycles. The van der Waals surface area contributed by atoms with Crippen LogP contribution in [-0.2, 0) is 4.79 Å². The van der Waals surface area contributed by atoms with E-state index in [1.165, 1.54) is 0 Å². The molecule has 0 spiro atoms. The highest BCUT2D eigenvalue weighted by molar-refractivity contribution is 5.96. The Morgan fingerprint density at radius 2 is 1.88 bits per heavy atom. The highest BCUT2D eigenvalue weighted by atomic mass is 16.5. The third kappa shape index (κ3) is 3.98. The van der Waals surface area contributed by atoms with Gasteiger partial charge in [-0.2, -0.15) is 0 Å². The molecule has 0 bridgehead atoms. The largest absolute Gasteiger partial charge is 0.493 e. The van der Waals surface area contributed by atoms with E-state index in [1.807, 2.05) is 26.0 Å². The Balaban J connectivity index is 2.16. The number of hydrogen-bond donors (Lipinski definition) is 2. The fourth-order valence-corrected chi connectivity index (χ4v) is 2.32. The smallest absolute Gasteiger partial charge is 0.248 e. The van der Waals surface area contributed by atoms with Gasteiger partial charge in [0.25, 0.3) is 0 Å². The highest BCUT2D eigenvalue weighted by Crippen LogP contribution is 2.33. The van der Waals surface area contributed by atoms with Crippen molar-refractivity contribution in [2.75, 3.05) is 24.9 Å². The topological polar surface area (TPSA) is 85.6 Å². The van der Waals surface area contributed by atoms with Crippen LogP contribution in [0.3, 0.4) is 0 Å². The zero-order chi connectivity index (χ0) is 17.7. The van der Waals surface area contributed by atoms with E-state index in [1.54, 1.807) is 27.2 Å². The molecule has 0 aliphatic heterocycles. The Bertz CT molecular complexity index is 712. The Labute approximate surface area is 141 Å². The number of benzene rings is 1. The first-order valence-corrected chi connectivity index (χ1v) is 7.71. The van der Waals surface area contributed by atoms with Crippen molar-refractivity contribution in [2.24, 2.45) is 0 Å². The minimum atomic E-state index is -0.418. The van der Waals surface area contributed by atoms with Gasteiger partial charge in [-0.1, -0.05) is 12.1 Å². The third-order valence-electron chi connectivity index (χ3n) is 3.66. The molecule has 0 aliphatic rings. The quantitative estimate of drug-likeness (QED) is 0.809. The fourth-order valence-electron chi connectivity index (χ4n) is 2.32. The number of anilines is 2. The first-order valence-electron chi connectivity index (χ1n) is 7.71. The standard InChI is InChI=1S/C17H23N3O4/c1-6-12(17(21)19-16-8-11(3)24-20-16)18-13-9-15(23-5)14(22-4)7-10(13)2/h7-9,12,18H,6H2,1-5H3,(H,19,20,21). The van der Waals surface area contributed by atoms with Crippen molar-refractivity contribution < 1.29 is 18.8 Å². The minimum absolute atomic E-state index is 0.181. The maximum absolute atomic E-state index is 12.4. The summed E-state index contributed by atoms with van der Waals surface area (Å²) >= 11 is 0. The lowest BCUT2D eigenvalue weighted by molar-refractivity contribution is -0.117. The number of aryl methyl sites for hydroxylation is 2. The van der Waals surface area contributed by atoms with E-state index < -0.39 is 6.04 Å². The second kappa shape index (κ2) is 7.72. The van der Waals surface area contributed by atoms with Gasteiger partial charge in [-0.05, 0) is 31.9 Å². The number of carbonyl (C=O) groups excluding carboxylic acids is 1. The number of methoxy groups -OCH3 is 2. The van der Waals surface area contributed by atoms with Crippen molar-refractivity contribution in [1.82, 2.24) is 5.16 Å². The van der Waals surface area contributed by atoms with Crippen molar-refractivity contribution in [3.63, 3.8) is 0 Å². The summed E-state index contributed by atoms with van der Waals surface area (Å²) in [6.07, 6.45) is 0.608. The second-order valence-corrected chi connectivity index (χ2v) is 5.44. The van der Waals surface area contributed by atoms with Crippen molar-refractivity contribution in [1.29, 1.82) is 0 Å². The maximum Gasteiger partial charge on any atom is 0.248 e. The first kappa shape index (κ1) is 17.7. The number of ether oxygens (including phenoxy) is 2. The number of hydrogen-bond acceptors (Lipinski definition) is 6. The number of rotatable bonds is 7. The summed E-state index contributed by atoms with van der Waals surface area (Å²) in [6.45, 7) is 5.64. The van der Waals surface area contributed by atoms with Gasteiger partial charge in [0.1, 0.15) is 11.8 Å². The molecular formula is C17H23N3O4. The summed E-state index contributed by atoms with van der Waals surface area (Å²) in [6, 6.07) is 4.95. The summed E-state index contributed by atoms with van der Waals surface area (Å²) < 4.78 is 15.6. The predicted molar refractivity (Wildman–Crippen MR) is 91.9 cm³/mol. The third-order valence-corrected chi connectivity index (χ3v) is 3.66. The number of nitrogens with zero attached hydrogens (tertiary/aromatic N) is 1. The molecule has 7 heteroatoms. The molecule has 1 unspecified atom stereocenters. The Morgan fingerprint density at radius 3 is 2.42 bits per heavy atom. The fraction of sp³-hybridized carbons (Fsp3) is 0.412. The zero-order valence-corrected chi connectivity index (χ0v) is 14.6. The number of amides is 1. The van der Waals surface area contributed by atoms with Crippen molar-refractivity contribution in [2.45, 2.75) is 33.2 Å². The van der Waals surface area contributed by atoms with Crippen molar-refractivity contribution in [3.8, 4) is 11.5 Å². The molecule has 1 heterocycles.